The third kappa shape index (κ3) is 5.84. The van der Waals surface area contributed by atoms with Gasteiger partial charge in [-0.25, -0.2) is 0 Å². The van der Waals surface area contributed by atoms with Crippen molar-refractivity contribution in [3.8, 4) is 39.1 Å². The first-order valence-electron chi connectivity index (χ1n) is 16.3. The highest BCUT2D eigenvalue weighted by Crippen LogP contribution is 2.39. The summed E-state index contributed by atoms with van der Waals surface area (Å²) in [5, 5.41) is 4.94. The summed E-state index contributed by atoms with van der Waals surface area (Å²) in [7, 11) is 1.50. The molecule has 0 unspecified atom stereocenters. The number of para-hydroxylation sites is 1. The second-order valence-electron chi connectivity index (χ2n) is 11.6. The predicted molar refractivity (Wildman–Crippen MR) is 206 cm³/mol. The van der Waals surface area contributed by atoms with E-state index >= 15 is 0 Å². The Morgan fingerprint density at radius 1 is 0.521 bits per heavy atom. The van der Waals surface area contributed by atoms with Crippen LogP contribution in [0, 0.1) is 0 Å². The summed E-state index contributed by atoms with van der Waals surface area (Å²) in [6, 6.07) is 52.6. The van der Waals surface area contributed by atoms with Gasteiger partial charge in [0.15, 0.2) is 0 Å². The van der Waals surface area contributed by atoms with Crippen molar-refractivity contribution in [3.05, 3.63) is 176 Å². The zero-order valence-electron chi connectivity index (χ0n) is 27.2. The lowest BCUT2D eigenvalue weighted by atomic mass is 9.98. The Labute approximate surface area is 281 Å². The van der Waals surface area contributed by atoms with Crippen LogP contribution in [0.2, 0.25) is 0 Å². The van der Waals surface area contributed by atoms with E-state index in [0.717, 1.165) is 22.5 Å². The van der Waals surface area contributed by atoms with Gasteiger partial charge in [-0.2, -0.15) is 0 Å². The molecule has 8 aromatic rings. The fraction of sp³-hybridized carbons (Fsp3) is 0.0444. The number of allylic oxidation sites excluding steroid dienone is 3. The summed E-state index contributed by atoms with van der Waals surface area (Å²) in [5.74, 6) is 0. The fourth-order valence-electron chi connectivity index (χ4n) is 6.47. The van der Waals surface area contributed by atoms with Gasteiger partial charge in [0.25, 0.3) is 0 Å². The monoisotopic (exact) mass is 619 g/mol. The standard InChI is InChI=1S/C44H32N2.CH5N/c1-2-3-6-13-38-24-20-37(30-45-38)34-21-25-40-36(28-34)23-27-42-41-26-22-35(29-43(41)46(44(40)42)39-14-9-5-10-15-39)33-18-16-32(17-19-33)31-11-7-4-8-12-31;1-2/h2-30H,1H3;2H2,1H3/b3-2-,13-6+;. The van der Waals surface area contributed by atoms with Gasteiger partial charge in [0, 0.05) is 33.6 Å². The average Bonchev–Trinajstić information content (AvgIpc) is 3.51. The first-order chi connectivity index (χ1) is 23.8. The quantitative estimate of drug-likeness (QED) is 0.188. The zero-order valence-corrected chi connectivity index (χ0v) is 27.2. The van der Waals surface area contributed by atoms with Crippen molar-refractivity contribution >= 4 is 38.7 Å². The van der Waals surface area contributed by atoms with Gasteiger partial charge in [-0.15, -0.1) is 0 Å². The summed E-state index contributed by atoms with van der Waals surface area (Å²) in [6.07, 6.45) is 10.0. The van der Waals surface area contributed by atoms with E-state index in [4.69, 9.17) is 0 Å². The van der Waals surface area contributed by atoms with E-state index in [2.05, 4.69) is 161 Å². The van der Waals surface area contributed by atoms with Crippen LogP contribution in [-0.2, 0) is 0 Å². The van der Waals surface area contributed by atoms with Crippen molar-refractivity contribution < 1.29 is 0 Å². The molecule has 2 heterocycles. The average molecular weight is 620 g/mol. The minimum atomic E-state index is 0.947. The molecule has 3 heteroatoms. The number of pyridine rings is 1. The molecule has 0 amide bonds. The summed E-state index contributed by atoms with van der Waals surface area (Å²) in [5.41, 5.74) is 16.2. The Morgan fingerprint density at radius 3 is 1.79 bits per heavy atom. The first kappa shape index (κ1) is 30.6. The van der Waals surface area contributed by atoms with E-state index in [-0.39, 0.29) is 0 Å². The third-order valence-electron chi connectivity index (χ3n) is 8.77. The molecule has 2 aromatic heterocycles. The Kier molecular flexibility index (Phi) is 8.78. The second kappa shape index (κ2) is 13.8. The maximum Gasteiger partial charge on any atom is 0.0630 e. The van der Waals surface area contributed by atoms with Crippen molar-refractivity contribution in [3.63, 3.8) is 0 Å². The summed E-state index contributed by atoms with van der Waals surface area (Å²) >= 11 is 0. The fourth-order valence-corrected chi connectivity index (χ4v) is 6.47. The van der Waals surface area contributed by atoms with E-state index in [1.807, 2.05) is 37.4 Å². The molecule has 2 N–H and O–H groups in total. The van der Waals surface area contributed by atoms with Gasteiger partial charge in [-0.1, -0.05) is 133 Å². The minimum absolute atomic E-state index is 0.947. The van der Waals surface area contributed by atoms with Gasteiger partial charge in [-0.3, -0.25) is 4.98 Å². The number of rotatable bonds is 6. The molecule has 0 aliphatic carbocycles. The first-order valence-corrected chi connectivity index (χ1v) is 16.3. The summed E-state index contributed by atoms with van der Waals surface area (Å²) in [4.78, 5) is 4.67. The topological polar surface area (TPSA) is 43.8 Å². The van der Waals surface area contributed by atoms with E-state index in [1.54, 1.807) is 0 Å². The number of aromatic nitrogens is 2. The molecular formula is C45H37N3. The highest BCUT2D eigenvalue weighted by atomic mass is 15.0. The summed E-state index contributed by atoms with van der Waals surface area (Å²) < 4.78 is 2.43. The molecule has 0 aliphatic heterocycles. The number of nitrogens with zero attached hydrogens (tertiary/aromatic N) is 2. The molecule has 0 radical (unpaired) electrons. The van der Waals surface area contributed by atoms with Gasteiger partial charge in [0.1, 0.15) is 0 Å². The lowest BCUT2D eigenvalue weighted by molar-refractivity contribution is 1.19. The maximum absolute atomic E-state index is 4.67. The predicted octanol–water partition coefficient (Wildman–Crippen LogP) is 11.5. The van der Waals surface area contributed by atoms with Crippen molar-refractivity contribution in [1.29, 1.82) is 0 Å². The van der Waals surface area contributed by atoms with Crippen LogP contribution in [0.3, 0.4) is 0 Å². The second-order valence-corrected chi connectivity index (χ2v) is 11.6. The molecule has 0 spiro atoms. The highest BCUT2D eigenvalue weighted by molar-refractivity contribution is 6.19. The molecule has 0 aliphatic rings. The van der Waals surface area contributed by atoms with Crippen LogP contribution in [0.15, 0.2) is 170 Å². The molecule has 3 nitrogen and oxygen atoms in total. The van der Waals surface area contributed by atoms with Crippen LogP contribution in [0.4, 0.5) is 0 Å². The van der Waals surface area contributed by atoms with Crippen molar-refractivity contribution in [2.24, 2.45) is 5.73 Å². The van der Waals surface area contributed by atoms with Gasteiger partial charge < -0.3 is 10.3 Å². The largest absolute Gasteiger partial charge is 0.333 e. The van der Waals surface area contributed by atoms with Crippen LogP contribution in [-0.4, -0.2) is 16.6 Å². The molecule has 0 saturated heterocycles. The molecule has 0 saturated carbocycles. The smallest absolute Gasteiger partial charge is 0.0630 e. The molecule has 0 bridgehead atoms. The highest BCUT2D eigenvalue weighted by Gasteiger charge is 2.16. The van der Waals surface area contributed by atoms with E-state index in [0.29, 0.717) is 0 Å². The number of hydrogen-bond acceptors (Lipinski definition) is 2. The van der Waals surface area contributed by atoms with E-state index < -0.39 is 0 Å². The Hall–Kier alpha value is -6.03. The molecule has 6 aromatic carbocycles. The van der Waals surface area contributed by atoms with Crippen LogP contribution < -0.4 is 5.73 Å². The van der Waals surface area contributed by atoms with E-state index in [9.17, 15) is 0 Å². The van der Waals surface area contributed by atoms with Gasteiger partial charge in [0.2, 0.25) is 0 Å². The lowest BCUT2D eigenvalue weighted by Crippen LogP contribution is -1.94. The molecule has 0 fully saturated rings. The van der Waals surface area contributed by atoms with Crippen molar-refractivity contribution in [2.45, 2.75) is 6.92 Å². The van der Waals surface area contributed by atoms with Crippen LogP contribution in [0.1, 0.15) is 12.6 Å². The zero-order chi connectivity index (χ0) is 32.9. The van der Waals surface area contributed by atoms with Crippen LogP contribution in [0.5, 0.6) is 0 Å². The minimum Gasteiger partial charge on any atom is -0.333 e. The van der Waals surface area contributed by atoms with Crippen molar-refractivity contribution in [1.82, 2.24) is 9.55 Å². The molecule has 48 heavy (non-hydrogen) atoms. The van der Waals surface area contributed by atoms with Gasteiger partial charge in [0.05, 0.1) is 16.7 Å². The normalized spacial score (nSPS) is 11.5. The molecule has 0 atom stereocenters. The lowest BCUT2D eigenvalue weighted by Gasteiger charge is -2.11. The van der Waals surface area contributed by atoms with Crippen LogP contribution >= 0.6 is 0 Å². The van der Waals surface area contributed by atoms with Gasteiger partial charge in [-0.05, 0) is 83.6 Å². The van der Waals surface area contributed by atoms with Crippen molar-refractivity contribution in [2.75, 3.05) is 7.05 Å². The number of benzene rings is 6. The third-order valence-corrected chi connectivity index (χ3v) is 8.77. The Bertz CT molecular complexity index is 2380. The van der Waals surface area contributed by atoms with Crippen LogP contribution in [0.25, 0.3) is 77.7 Å². The Morgan fingerprint density at radius 2 is 1.10 bits per heavy atom. The molecule has 232 valence electrons. The number of nitrogens with two attached hydrogens (primary N) is 1. The molecular weight excluding hydrogens is 583 g/mol. The maximum atomic E-state index is 4.67. The number of hydrogen-bond donors (Lipinski definition) is 1. The molecule has 8 rings (SSSR count). The Balaban J connectivity index is 0.00000179. The van der Waals surface area contributed by atoms with E-state index in [1.165, 1.54) is 61.9 Å². The SMILES string of the molecule is C/C=C\C=C\c1ccc(-c2ccc3c(ccc4c5ccc(-c6ccc(-c7ccccc7)cc6)cc5n(-c5ccccc5)c34)c2)cn1.CN. The number of fused-ring (bicyclic) bond motifs is 5. The van der Waals surface area contributed by atoms with Gasteiger partial charge >= 0.3 is 0 Å². The summed E-state index contributed by atoms with van der Waals surface area (Å²) in [6.45, 7) is 2.01.